The Hall–Kier alpha value is -8.66. The minimum Gasteiger partial charge on any atom is -0.435 e. The summed E-state index contributed by atoms with van der Waals surface area (Å²) in [4.78, 5) is 10.8. The summed E-state index contributed by atoms with van der Waals surface area (Å²) < 4.78 is 6.66. The van der Waals surface area contributed by atoms with Crippen molar-refractivity contribution in [2.75, 3.05) is 0 Å². The summed E-state index contributed by atoms with van der Waals surface area (Å²) in [5.74, 6) is 0.611. The normalized spacial score (nSPS) is 12.0. The Bertz CT molecular complexity index is 4220. The smallest absolute Gasteiger partial charge is 0.227 e. The molecule has 0 unspecified atom stereocenters. The molecule has 0 spiro atoms. The maximum atomic E-state index is 6.66. The number of hydrogen-bond acceptors (Lipinski definition) is 3. The van der Waals surface area contributed by atoms with E-state index in [2.05, 4.69) is 218 Å². The topological polar surface area (TPSA) is 38.9 Å². The number of oxazole rings is 1. The minimum atomic E-state index is 0.611. The van der Waals surface area contributed by atoms with Gasteiger partial charge in [0, 0.05) is 32.7 Å². The zero-order chi connectivity index (χ0) is 42.6. The largest absolute Gasteiger partial charge is 0.435 e. The standard InChI is InChI=1S/C62H36N2O/c1-3-17-41-39(15-1)33-54(47-23-7-5-19-43(41)47)55-36-58(56-34-40-16-2-4-18-42(40)44-20-6-8-24-48(44)56)63-59-50-26-12-10-25-49(50)53(35-57(55)59)37-29-31-38(32-30-37)62-64-60-51-27-13-9-21-45(51)46-22-11-14-28-52(46)61(60)65-62/h1-36H. The van der Waals surface area contributed by atoms with E-state index in [4.69, 9.17) is 14.4 Å². The van der Waals surface area contributed by atoms with Crippen LogP contribution in [-0.4, -0.2) is 9.97 Å². The fraction of sp³-hybridized carbons (Fsp3) is 0. The molecule has 3 nitrogen and oxygen atoms in total. The first-order chi connectivity index (χ1) is 32.2. The molecular weight excluding hydrogens is 789 g/mol. The molecule has 3 heteroatoms. The van der Waals surface area contributed by atoms with Crippen LogP contribution in [0.25, 0.3) is 142 Å². The van der Waals surface area contributed by atoms with Crippen LogP contribution in [0, 0.1) is 0 Å². The molecule has 0 aliphatic carbocycles. The van der Waals surface area contributed by atoms with Gasteiger partial charge in [-0.2, -0.15) is 0 Å². The molecule has 12 aromatic carbocycles. The van der Waals surface area contributed by atoms with Crippen LogP contribution in [0.5, 0.6) is 0 Å². The van der Waals surface area contributed by atoms with E-state index in [1.54, 1.807) is 0 Å². The molecule has 14 aromatic rings. The van der Waals surface area contributed by atoms with Gasteiger partial charge >= 0.3 is 0 Å². The highest BCUT2D eigenvalue weighted by Gasteiger charge is 2.21. The Balaban J connectivity index is 1.02. The molecule has 0 radical (unpaired) electrons. The lowest BCUT2D eigenvalue weighted by atomic mass is 9.87. The zero-order valence-electron chi connectivity index (χ0n) is 35.1. The van der Waals surface area contributed by atoms with Gasteiger partial charge in [0.25, 0.3) is 0 Å². The number of pyridine rings is 1. The van der Waals surface area contributed by atoms with E-state index in [1.807, 2.05) is 0 Å². The van der Waals surface area contributed by atoms with Crippen molar-refractivity contribution in [3.05, 3.63) is 218 Å². The van der Waals surface area contributed by atoms with E-state index >= 15 is 0 Å². The van der Waals surface area contributed by atoms with Crippen LogP contribution in [0.3, 0.4) is 0 Å². The SMILES string of the molecule is c1ccc2c(c1)cc(-c1cc(-c3cc4ccccc4c4ccccc34)c3cc(-c4ccc(-c5nc6c7ccccc7c7ccccc7c6o5)cc4)c4ccccc4c3n1)c1ccccc12. The van der Waals surface area contributed by atoms with Crippen LogP contribution in [0.2, 0.25) is 0 Å². The Morgan fingerprint density at radius 1 is 0.262 bits per heavy atom. The van der Waals surface area contributed by atoms with Crippen molar-refractivity contribution in [1.82, 2.24) is 9.97 Å². The molecule has 2 heterocycles. The highest BCUT2D eigenvalue weighted by molar-refractivity contribution is 6.24. The Labute approximate surface area is 373 Å². The number of nitrogens with zero attached hydrogens (tertiary/aromatic N) is 2. The van der Waals surface area contributed by atoms with Gasteiger partial charge in [-0.1, -0.05) is 182 Å². The van der Waals surface area contributed by atoms with Gasteiger partial charge in [-0.15, -0.1) is 0 Å². The summed E-state index contributed by atoms with van der Waals surface area (Å²) in [6.07, 6.45) is 0. The first-order valence-corrected chi connectivity index (χ1v) is 22.2. The molecule has 0 saturated heterocycles. The fourth-order valence-corrected chi connectivity index (χ4v) is 10.6. The van der Waals surface area contributed by atoms with Crippen molar-refractivity contribution in [2.45, 2.75) is 0 Å². The summed E-state index contributed by atoms with van der Waals surface area (Å²) in [7, 11) is 0. The van der Waals surface area contributed by atoms with E-state index in [9.17, 15) is 0 Å². The second-order valence-corrected chi connectivity index (χ2v) is 17.2. The van der Waals surface area contributed by atoms with Crippen molar-refractivity contribution in [3.63, 3.8) is 0 Å². The lowest BCUT2D eigenvalue weighted by Crippen LogP contribution is -1.95. The van der Waals surface area contributed by atoms with Gasteiger partial charge in [0.15, 0.2) is 5.58 Å². The predicted molar refractivity (Wildman–Crippen MR) is 274 cm³/mol. The van der Waals surface area contributed by atoms with E-state index in [0.29, 0.717) is 5.89 Å². The first-order valence-electron chi connectivity index (χ1n) is 22.2. The van der Waals surface area contributed by atoms with Crippen LogP contribution in [0.15, 0.2) is 223 Å². The summed E-state index contributed by atoms with van der Waals surface area (Å²) in [5.41, 5.74) is 10.3. The van der Waals surface area contributed by atoms with Gasteiger partial charge < -0.3 is 4.42 Å². The second kappa shape index (κ2) is 13.9. The highest BCUT2D eigenvalue weighted by Crippen LogP contribution is 2.45. The van der Waals surface area contributed by atoms with Crippen LogP contribution in [0.1, 0.15) is 0 Å². The summed E-state index contributed by atoms with van der Waals surface area (Å²) >= 11 is 0. The average molecular weight is 825 g/mol. The van der Waals surface area contributed by atoms with E-state index in [1.165, 1.54) is 59.4 Å². The van der Waals surface area contributed by atoms with Crippen LogP contribution in [0.4, 0.5) is 0 Å². The van der Waals surface area contributed by atoms with Crippen LogP contribution in [-0.2, 0) is 0 Å². The van der Waals surface area contributed by atoms with Gasteiger partial charge in [-0.05, 0) is 118 Å². The Morgan fingerprint density at radius 3 is 1.29 bits per heavy atom. The molecule has 0 atom stereocenters. The van der Waals surface area contributed by atoms with Crippen molar-refractivity contribution < 1.29 is 4.42 Å². The zero-order valence-corrected chi connectivity index (χ0v) is 35.1. The molecule has 2 aromatic heterocycles. The highest BCUT2D eigenvalue weighted by atomic mass is 16.3. The quantitative estimate of drug-likeness (QED) is 0.166. The number of benzene rings is 12. The fourth-order valence-electron chi connectivity index (χ4n) is 10.6. The molecule has 0 N–H and O–H groups in total. The van der Waals surface area contributed by atoms with Crippen molar-refractivity contribution in [3.8, 4) is 45.0 Å². The van der Waals surface area contributed by atoms with Crippen molar-refractivity contribution >= 4 is 97.4 Å². The third-order valence-corrected chi connectivity index (χ3v) is 13.6. The van der Waals surface area contributed by atoms with Crippen molar-refractivity contribution in [1.29, 1.82) is 0 Å². The molecule has 14 rings (SSSR count). The first kappa shape index (κ1) is 35.9. The van der Waals surface area contributed by atoms with Gasteiger partial charge in [0.05, 0.1) is 11.2 Å². The summed E-state index contributed by atoms with van der Waals surface area (Å²) in [6.45, 7) is 0. The monoisotopic (exact) mass is 824 g/mol. The van der Waals surface area contributed by atoms with Crippen LogP contribution < -0.4 is 0 Å². The molecule has 0 aliphatic heterocycles. The molecular formula is C62H36N2O. The predicted octanol–water partition coefficient (Wildman–Crippen LogP) is 17.1. The third kappa shape index (κ3) is 5.43. The average Bonchev–Trinajstić information content (AvgIpc) is 3.84. The molecule has 0 fully saturated rings. The molecule has 0 bridgehead atoms. The molecule has 0 saturated carbocycles. The maximum absolute atomic E-state index is 6.66. The summed E-state index contributed by atoms with van der Waals surface area (Å²) in [6, 6.07) is 78.8. The summed E-state index contributed by atoms with van der Waals surface area (Å²) in [5, 5.41) is 17.6. The molecule has 300 valence electrons. The Kier molecular flexibility index (Phi) is 7.69. The third-order valence-electron chi connectivity index (χ3n) is 13.6. The van der Waals surface area contributed by atoms with E-state index in [0.717, 1.165) is 77.1 Å². The van der Waals surface area contributed by atoms with Crippen LogP contribution >= 0.6 is 0 Å². The minimum absolute atomic E-state index is 0.611. The number of hydrogen-bond donors (Lipinski definition) is 0. The molecule has 0 amide bonds. The lowest BCUT2D eigenvalue weighted by molar-refractivity contribution is 0.623. The van der Waals surface area contributed by atoms with Gasteiger partial charge in [-0.3, -0.25) is 0 Å². The van der Waals surface area contributed by atoms with Gasteiger partial charge in [0.1, 0.15) is 5.52 Å². The number of fused-ring (bicyclic) bond motifs is 15. The Morgan fingerprint density at radius 2 is 0.677 bits per heavy atom. The molecule has 0 aliphatic rings. The lowest BCUT2D eigenvalue weighted by Gasteiger charge is -2.18. The van der Waals surface area contributed by atoms with Crippen molar-refractivity contribution in [2.24, 2.45) is 0 Å². The van der Waals surface area contributed by atoms with E-state index < -0.39 is 0 Å². The van der Waals surface area contributed by atoms with E-state index in [-0.39, 0.29) is 0 Å². The van der Waals surface area contributed by atoms with Gasteiger partial charge in [0.2, 0.25) is 5.89 Å². The number of rotatable bonds is 4. The molecule has 65 heavy (non-hydrogen) atoms. The second-order valence-electron chi connectivity index (χ2n) is 17.2. The number of aromatic nitrogens is 2. The van der Waals surface area contributed by atoms with Gasteiger partial charge in [-0.25, -0.2) is 9.97 Å². The maximum Gasteiger partial charge on any atom is 0.227 e.